The summed E-state index contributed by atoms with van der Waals surface area (Å²) in [5.41, 5.74) is 2.26. The average Bonchev–Trinajstić information content (AvgIpc) is 2.46. The molecule has 0 aliphatic carbocycles. The number of amides is 1. The molecule has 4 nitrogen and oxygen atoms in total. The van der Waals surface area contributed by atoms with Crippen LogP contribution in [-0.4, -0.2) is 25.6 Å². The van der Waals surface area contributed by atoms with Gasteiger partial charge in [0.05, 0.1) is 0 Å². The topological polar surface area (TPSA) is 50.4 Å². The predicted molar refractivity (Wildman–Crippen MR) is 86.6 cm³/mol. The molecule has 1 unspecified atom stereocenters. The highest BCUT2D eigenvalue weighted by molar-refractivity contribution is 5.80. The van der Waals surface area contributed by atoms with Gasteiger partial charge in [-0.2, -0.15) is 0 Å². The molecule has 0 radical (unpaired) electrons. The molecule has 1 aromatic carbocycles. The summed E-state index contributed by atoms with van der Waals surface area (Å²) in [4.78, 5) is 12.0. The molecule has 0 saturated heterocycles. The first-order valence-electron chi connectivity index (χ1n) is 7.77. The quantitative estimate of drug-likeness (QED) is 0.688. The van der Waals surface area contributed by atoms with E-state index in [9.17, 15) is 4.79 Å². The van der Waals surface area contributed by atoms with Crippen LogP contribution >= 0.6 is 0 Å². The number of rotatable bonds is 9. The highest BCUT2D eigenvalue weighted by atomic mass is 16.5. The molecule has 0 aromatic heterocycles. The fourth-order valence-electron chi connectivity index (χ4n) is 2.13. The minimum atomic E-state index is -0.482. The van der Waals surface area contributed by atoms with Gasteiger partial charge in [-0.25, -0.2) is 0 Å². The first-order valence-corrected chi connectivity index (χ1v) is 7.77. The van der Waals surface area contributed by atoms with Crippen molar-refractivity contribution in [2.45, 2.75) is 52.7 Å². The molecule has 0 spiro atoms. The number of hydrogen-bond acceptors (Lipinski definition) is 3. The van der Waals surface area contributed by atoms with E-state index in [4.69, 9.17) is 4.74 Å². The molecule has 118 valence electrons. The van der Waals surface area contributed by atoms with Crippen molar-refractivity contribution < 1.29 is 9.53 Å². The molecule has 0 saturated carbocycles. The summed E-state index contributed by atoms with van der Waals surface area (Å²) in [6.07, 6.45) is 2.83. The van der Waals surface area contributed by atoms with Gasteiger partial charge in [0.15, 0.2) is 6.10 Å². The second-order valence-electron chi connectivity index (χ2n) is 5.40. The van der Waals surface area contributed by atoms with Crippen molar-refractivity contribution in [3.63, 3.8) is 0 Å². The lowest BCUT2D eigenvalue weighted by Gasteiger charge is -2.17. The molecule has 0 heterocycles. The Morgan fingerprint density at radius 2 is 2.10 bits per heavy atom. The number of carbonyl (C=O) groups is 1. The molecular formula is C17H28N2O2. The van der Waals surface area contributed by atoms with Crippen LogP contribution in [0.1, 0.15) is 44.2 Å². The molecule has 0 aliphatic heterocycles. The van der Waals surface area contributed by atoms with Gasteiger partial charge >= 0.3 is 0 Å². The minimum absolute atomic E-state index is 0.0536. The van der Waals surface area contributed by atoms with E-state index in [0.717, 1.165) is 43.7 Å². The Labute approximate surface area is 128 Å². The summed E-state index contributed by atoms with van der Waals surface area (Å²) < 4.78 is 5.82. The van der Waals surface area contributed by atoms with E-state index in [0.29, 0.717) is 0 Å². The Bertz CT molecular complexity index is 446. The van der Waals surface area contributed by atoms with Gasteiger partial charge in [-0.15, -0.1) is 0 Å². The zero-order valence-corrected chi connectivity index (χ0v) is 13.7. The van der Waals surface area contributed by atoms with Crippen LogP contribution in [0.15, 0.2) is 18.2 Å². The van der Waals surface area contributed by atoms with Crippen molar-refractivity contribution in [3.8, 4) is 5.75 Å². The van der Waals surface area contributed by atoms with Crippen molar-refractivity contribution >= 4 is 5.91 Å². The molecule has 1 rings (SSSR count). The van der Waals surface area contributed by atoms with Crippen molar-refractivity contribution in [1.29, 1.82) is 0 Å². The zero-order valence-electron chi connectivity index (χ0n) is 13.7. The van der Waals surface area contributed by atoms with Crippen LogP contribution in [0.4, 0.5) is 0 Å². The van der Waals surface area contributed by atoms with Crippen LogP contribution in [-0.2, 0) is 11.3 Å². The summed E-state index contributed by atoms with van der Waals surface area (Å²) in [6, 6.07) is 6.01. The fourth-order valence-corrected chi connectivity index (χ4v) is 2.13. The molecule has 1 atom stereocenters. The fraction of sp³-hybridized carbons (Fsp3) is 0.588. The van der Waals surface area contributed by atoms with E-state index < -0.39 is 6.10 Å². The van der Waals surface area contributed by atoms with Gasteiger partial charge in [0.2, 0.25) is 0 Å². The number of hydrogen-bond donors (Lipinski definition) is 2. The number of ether oxygens (including phenoxy) is 1. The van der Waals surface area contributed by atoms with Gasteiger partial charge in [0.25, 0.3) is 5.91 Å². The summed E-state index contributed by atoms with van der Waals surface area (Å²) in [5.74, 6) is 0.716. The van der Waals surface area contributed by atoms with Crippen LogP contribution < -0.4 is 15.4 Å². The van der Waals surface area contributed by atoms with Crippen LogP contribution in [0.25, 0.3) is 0 Å². The van der Waals surface area contributed by atoms with Crippen molar-refractivity contribution in [2.75, 3.05) is 13.6 Å². The van der Waals surface area contributed by atoms with Gasteiger partial charge in [-0.1, -0.05) is 37.5 Å². The summed E-state index contributed by atoms with van der Waals surface area (Å²) in [6.45, 7) is 7.43. The number of benzene rings is 1. The molecule has 4 heteroatoms. The maximum Gasteiger partial charge on any atom is 0.260 e. The number of aryl methyl sites for hydroxylation is 1. The molecule has 1 aromatic rings. The van der Waals surface area contributed by atoms with Crippen LogP contribution in [0.2, 0.25) is 0 Å². The van der Waals surface area contributed by atoms with E-state index >= 15 is 0 Å². The summed E-state index contributed by atoms with van der Waals surface area (Å²) in [5, 5.41) is 6.04. The van der Waals surface area contributed by atoms with E-state index in [1.165, 1.54) is 5.56 Å². The SMILES string of the molecule is CCCCCNC(=O)C(C)Oc1ccc(C)cc1CNC. The lowest BCUT2D eigenvalue weighted by molar-refractivity contribution is -0.127. The van der Waals surface area contributed by atoms with Crippen molar-refractivity contribution in [1.82, 2.24) is 10.6 Å². The predicted octanol–water partition coefficient (Wildman–Crippen LogP) is 2.79. The largest absolute Gasteiger partial charge is 0.481 e. The monoisotopic (exact) mass is 292 g/mol. The molecule has 0 fully saturated rings. The lowest BCUT2D eigenvalue weighted by atomic mass is 10.1. The zero-order chi connectivity index (χ0) is 15.7. The van der Waals surface area contributed by atoms with E-state index in [1.807, 2.05) is 26.1 Å². The minimum Gasteiger partial charge on any atom is -0.481 e. The van der Waals surface area contributed by atoms with E-state index in [-0.39, 0.29) is 5.91 Å². The summed E-state index contributed by atoms with van der Waals surface area (Å²) >= 11 is 0. The maximum absolute atomic E-state index is 12.0. The third-order valence-electron chi connectivity index (χ3n) is 3.34. The second-order valence-corrected chi connectivity index (χ2v) is 5.40. The van der Waals surface area contributed by atoms with Crippen molar-refractivity contribution in [3.05, 3.63) is 29.3 Å². The molecule has 21 heavy (non-hydrogen) atoms. The van der Waals surface area contributed by atoms with Gasteiger partial charge in [0.1, 0.15) is 5.75 Å². The number of unbranched alkanes of at least 4 members (excludes halogenated alkanes) is 2. The standard InChI is InChI=1S/C17H28N2O2/c1-5-6-7-10-19-17(20)14(3)21-16-9-8-13(2)11-15(16)12-18-4/h8-9,11,14,18H,5-7,10,12H2,1-4H3,(H,19,20). The van der Waals surface area contributed by atoms with Gasteiger partial charge in [-0.05, 0) is 33.4 Å². The first-order chi connectivity index (χ1) is 10.1. The van der Waals surface area contributed by atoms with Crippen LogP contribution in [0.5, 0.6) is 5.75 Å². The Kier molecular flexibility index (Phi) is 7.83. The molecule has 0 aliphatic rings. The van der Waals surface area contributed by atoms with Crippen LogP contribution in [0, 0.1) is 6.92 Å². The molecular weight excluding hydrogens is 264 g/mol. The summed E-state index contributed by atoms with van der Waals surface area (Å²) in [7, 11) is 1.90. The number of carbonyl (C=O) groups excluding carboxylic acids is 1. The lowest BCUT2D eigenvalue weighted by Crippen LogP contribution is -2.37. The van der Waals surface area contributed by atoms with Gasteiger partial charge in [-0.3, -0.25) is 4.79 Å². The Balaban J connectivity index is 2.57. The Morgan fingerprint density at radius 1 is 1.33 bits per heavy atom. The van der Waals surface area contributed by atoms with Gasteiger partial charge < -0.3 is 15.4 Å². The smallest absolute Gasteiger partial charge is 0.260 e. The third kappa shape index (κ3) is 6.17. The highest BCUT2D eigenvalue weighted by Crippen LogP contribution is 2.21. The molecule has 0 bridgehead atoms. The van der Waals surface area contributed by atoms with Crippen molar-refractivity contribution in [2.24, 2.45) is 0 Å². The molecule has 2 N–H and O–H groups in total. The maximum atomic E-state index is 12.0. The Morgan fingerprint density at radius 3 is 2.76 bits per heavy atom. The first kappa shape index (κ1) is 17.5. The van der Waals surface area contributed by atoms with Crippen LogP contribution in [0.3, 0.4) is 0 Å². The van der Waals surface area contributed by atoms with E-state index in [1.54, 1.807) is 6.92 Å². The second kappa shape index (κ2) is 9.40. The average molecular weight is 292 g/mol. The number of nitrogens with one attached hydrogen (secondary N) is 2. The van der Waals surface area contributed by atoms with Gasteiger partial charge in [0, 0.05) is 18.7 Å². The highest BCUT2D eigenvalue weighted by Gasteiger charge is 2.15. The normalized spacial score (nSPS) is 12.0. The third-order valence-corrected chi connectivity index (χ3v) is 3.34. The molecule has 1 amide bonds. The van der Waals surface area contributed by atoms with E-state index in [2.05, 4.69) is 23.6 Å². The Hall–Kier alpha value is -1.55.